The Morgan fingerprint density at radius 3 is 2.74 bits per heavy atom. The van der Waals surface area contributed by atoms with Crippen molar-refractivity contribution in [3.8, 4) is 0 Å². The van der Waals surface area contributed by atoms with E-state index in [1.165, 1.54) is 0 Å². The van der Waals surface area contributed by atoms with Crippen molar-refractivity contribution in [2.24, 2.45) is 5.92 Å². The molecule has 0 fully saturated rings. The van der Waals surface area contributed by atoms with Gasteiger partial charge >= 0.3 is 5.97 Å². The molecular formula is C13H20N2O4. The number of carboxylic acid groups (broad SMARTS) is 1. The lowest BCUT2D eigenvalue weighted by Crippen LogP contribution is -2.26. The van der Waals surface area contributed by atoms with E-state index in [4.69, 9.17) is 9.63 Å². The Morgan fingerprint density at radius 2 is 2.16 bits per heavy atom. The normalized spacial score (nSPS) is 12.2. The third kappa shape index (κ3) is 4.08. The summed E-state index contributed by atoms with van der Waals surface area (Å²) in [5, 5.41) is 15.3. The van der Waals surface area contributed by atoms with Gasteiger partial charge in [0.2, 0.25) is 0 Å². The highest BCUT2D eigenvalue weighted by Gasteiger charge is 2.18. The third-order valence-corrected chi connectivity index (χ3v) is 3.02. The first kappa shape index (κ1) is 15.2. The van der Waals surface area contributed by atoms with Crippen molar-refractivity contribution >= 4 is 11.9 Å². The Labute approximate surface area is 112 Å². The Hall–Kier alpha value is -1.85. The van der Waals surface area contributed by atoms with Gasteiger partial charge in [-0.2, -0.15) is 0 Å². The number of amides is 1. The zero-order chi connectivity index (χ0) is 14.4. The zero-order valence-electron chi connectivity index (χ0n) is 11.5. The summed E-state index contributed by atoms with van der Waals surface area (Å²) < 4.78 is 5.00. The highest BCUT2D eigenvalue weighted by molar-refractivity contribution is 5.96. The second kappa shape index (κ2) is 6.92. The number of nitrogens with zero attached hydrogens (tertiary/aromatic N) is 1. The van der Waals surface area contributed by atoms with Gasteiger partial charge in [-0.05, 0) is 26.2 Å². The van der Waals surface area contributed by atoms with Crippen LogP contribution in [-0.2, 0) is 11.2 Å². The number of aromatic nitrogens is 1. The Kier molecular flexibility index (Phi) is 5.54. The van der Waals surface area contributed by atoms with Crippen LogP contribution in [0.5, 0.6) is 0 Å². The van der Waals surface area contributed by atoms with Crippen molar-refractivity contribution in [2.45, 2.75) is 40.0 Å². The quantitative estimate of drug-likeness (QED) is 0.735. The number of aryl methyl sites for hydroxylation is 2. The molecule has 1 rings (SSSR count). The summed E-state index contributed by atoms with van der Waals surface area (Å²) in [5.41, 5.74) is 1.14. The molecule has 0 aliphatic heterocycles. The molecule has 1 aromatic rings. The van der Waals surface area contributed by atoms with Crippen LogP contribution in [0.2, 0.25) is 0 Å². The van der Waals surface area contributed by atoms with Crippen molar-refractivity contribution in [3.05, 3.63) is 17.0 Å². The molecule has 0 saturated heterocycles. The number of nitrogens with one attached hydrogen (secondary N) is 1. The predicted octanol–water partition coefficient (Wildman–Crippen LogP) is 1.78. The van der Waals surface area contributed by atoms with Crippen molar-refractivity contribution < 1.29 is 19.2 Å². The minimum absolute atomic E-state index is 0.210. The summed E-state index contributed by atoms with van der Waals surface area (Å²) in [6, 6.07) is 0. The molecule has 0 bridgehead atoms. The highest BCUT2D eigenvalue weighted by Crippen LogP contribution is 2.13. The van der Waals surface area contributed by atoms with Crippen LogP contribution in [-0.4, -0.2) is 28.7 Å². The molecule has 2 N–H and O–H groups in total. The Balaban J connectivity index is 2.43. The van der Waals surface area contributed by atoms with Gasteiger partial charge in [0.15, 0.2) is 0 Å². The number of carboxylic acids is 1. The maximum Gasteiger partial charge on any atom is 0.306 e. The number of carbonyl (C=O) groups excluding carboxylic acids is 1. The Bertz CT molecular complexity index is 453. The summed E-state index contributed by atoms with van der Waals surface area (Å²) in [4.78, 5) is 22.6. The van der Waals surface area contributed by atoms with Gasteiger partial charge in [-0.25, -0.2) is 0 Å². The number of rotatable bonds is 7. The second-order valence-corrected chi connectivity index (χ2v) is 4.55. The van der Waals surface area contributed by atoms with Gasteiger partial charge < -0.3 is 14.9 Å². The fraction of sp³-hybridized carbons (Fsp3) is 0.615. The van der Waals surface area contributed by atoms with Crippen molar-refractivity contribution in [2.75, 3.05) is 6.54 Å². The molecule has 0 radical (unpaired) electrons. The smallest absolute Gasteiger partial charge is 0.306 e. The molecule has 0 spiro atoms. The van der Waals surface area contributed by atoms with E-state index in [1.807, 2.05) is 6.92 Å². The Morgan fingerprint density at radius 1 is 1.47 bits per heavy atom. The summed E-state index contributed by atoms with van der Waals surface area (Å²) in [6.07, 6.45) is 1.81. The van der Waals surface area contributed by atoms with E-state index in [-0.39, 0.29) is 11.8 Å². The molecule has 19 heavy (non-hydrogen) atoms. The molecule has 1 atom stereocenters. The maximum atomic E-state index is 12.0. The predicted molar refractivity (Wildman–Crippen MR) is 69.0 cm³/mol. The van der Waals surface area contributed by atoms with Crippen molar-refractivity contribution in [1.82, 2.24) is 10.5 Å². The minimum atomic E-state index is -0.811. The van der Waals surface area contributed by atoms with Gasteiger partial charge in [0.25, 0.3) is 5.91 Å². The lowest BCUT2D eigenvalue weighted by molar-refractivity contribution is -0.141. The van der Waals surface area contributed by atoms with Gasteiger partial charge in [-0.15, -0.1) is 0 Å². The van der Waals surface area contributed by atoms with Crippen LogP contribution in [0, 0.1) is 12.8 Å². The van der Waals surface area contributed by atoms with E-state index in [2.05, 4.69) is 10.5 Å². The molecule has 0 aromatic carbocycles. The first-order chi connectivity index (χ1) is 8.97. The molecule has 0 aliphatic rings. The van der Waals surface area contributed by atoms with E-state index in [9.17, 15) is 9.59 Å². The van der Waals surface area contributed by atoms with Crippen LogP contribution < -0.4 is 5.32 Å². The second-order valence-electron chi connectivity index (χ2n) is 4.55. The standard InChI is InChI=1S/C13H20N2O4/c1-4-10-11(9(3)19-15-10)12(16)14-7-5-6-8(2)13(17)18/h8H,4-7H2,1-3H3,(H,14,16)(H,17,18). The van der Waals surface area contributed by atoms with Crippen LogP contribution in [0.1, 0.15) is 48.5 Å². The average molecular weight is 268 g/mol. The topological polar surface area (TPSA) is 92.4 Å². The zero-order valence-corrected chi connectivity index (χ0v) is 11.5. The number of carbonyl (C=O) groups is 2. The lowest BCUT2D eigenvalue weighted by atomic mass is 10.1. The van der Waals surface area contributed by atoms with Crippen LogP contribution in [0.15, 0.2) is 4.52 Å². The number of hydrogen-bond donors (Lipinski definition) is 2. The molecule has 1 amide bonds. The van der Waals surface area contributed by atoms with Gasteiger partial charge in [-0.3, -0.25) is 9.59 Å². The lowest BCUT2D eigenvalue weighted by Gasteiger charge is -2.07. The largest absolute Gasteiger partial charge is 0.481 e. The highest BCUT2D eigenvalue weighted by atomic mass is 16.5. The van der Waals surface area contributed by atoms with E-state index >= 15 is 0 Å². The summed E-state index contributed by atoms with van der Waals surface area (Å²) in [6.45, 7) is 5.71. The molecule has 1 heterocycles. The monoisotopic (exact) mass is 268 g/mol. The first-order valence-electron chi connectivity index (χ1n) is 6.43. The maximum absolute atomic E-state index is 12.0. The van der Waals surface area contributed by atoms with E-state index in [0.717, 1.165) is 0 Å². The fourth-order valence-electron chi connectivity index (χ4n) is 1.77. The molecule has 6 heteroatoms. The third-order valence-electron chi connectivity index (χ3n) is 3.02. The average Bonchev–Trinajstić information content (AvgIpc) is 2.75. The fourth-order valence-corrected chi connectivity index (χ4v) is 1.77. The molecule has 106 valence electrons. The van der Waals surface area contributed by atoms with Gasteiger partial charge in [-0.1, -0.05) is 19.0 Å². The first-order valence-corrected chi connectivity index (χ1v) is 6.43. The minimum Gasteiger partial charge on any atom is -0.481 e. The van der Waals surface area contributed by atoms with Crippen LogP contribution in [0.25, 0.3) is 0 Å². The summed E-state index contributed by atoms with van der Waals surface area (Å²) in [7, 11) is 0. The summed E-state index contributed by atoms with van der Waals surface area (Å²) in [5.74, 6) is -0.901. The van der Waals surface area contributed by atoms with E-state index in [1.54, 1.807) is 13.8 Å². The molecule has 0 saturated carbocycles. The van der Waals surface area contributed by atoms with Crippen molar-refractivity contribution in [3.63, 3.8) is 0 Å². The molecular weight excluding hydrogens is 248 g/mol. The van der Waals surface area contributed by atoms with Crippen LogP contribution >= 0.6 is 0 Å². The van der Waals surface area contributed by atoms with Crippen LogP contribution in [0.3, 0.4) is 0 Å². The SMILES string of the molecule is CCc1noc(C)c1C(=O)NCCCC(C)C(=O)O. The van der Waals surface area contributed by atoms with Gasteiger partial charge in [0, 0.05) is 6.54 Å². The molecule has 6 nitrogen and oxygen atoms in total. The summed E-state index contributed by atoms with van der Waals surface area (Å²) >= 11 is 0. The van der Waals surface area contributed by atoms with Gasteiger partial charge in [0.05, 0.1) is 11.6 Å². The molecule has 1 unspecified atom stereocenters. The van der Waals surface area contributed by atoms with Crippen molar-refractivity contribution in [1.29, 1.82) is 0 Å². The molecule has 1 aromatic heterocycles. The van der Waals surface area contributed by atoms with Crippen LogP contribution in [0.4, 0.5) is 0 Å². The van der Waals surface area contributed by atoms with E-state index in [0.29, 0.717) is 42.8 Å². The number of hydrogen-bond acceptors (Lipinski definition) is 4. The van der Waals surface area contributed by atoms with Gasteiger partial charge in [0.1, 0.15) is 11.3 Å². The molecule has 0 aliphatic carbocycles. The van der Waals surface area contributed by atoms with E-state index < -0.39 is 5.97 Å². The number of aliphatic carboxylic acids is 1.